The first kappa shape index (κ1) is 13.3. The fraction of sp³-hybridized carbons (Fsp3) is 0.182. The van der Waals surface area contributed by atoms with Crippen molar-refractivity contribution in [2.45, 2.75) is 0 Å². The average molecular weight is 304 g/mol. The van der Waals surface area contributed by atoms with Crippen molar-refractivity contribution in [3.63, 3.8) is 0 Å². The molecule has 0 unspecified atom stereocenters. The molecule has 7 heteroatoms. The zero-order valence-corrected chi connectivity index (χ0v) is 11.9. The maximum atomic E-state index is 6.12. The lowest BCUT2D eigenvalue weighted by molar-refractivity contribution is 0.962. The summed E-state index contributed by atoms with van der Waals surface area (Å²) >= 11 is 18.0. The van der Waals surface area contributed by atoms with Crippen LogP contribution in [-0.2, 0) is 0 Å². The number of halogens is 3. The van der Waals surface area contributed by atoms with E-state index in [2.05, 4.69) is 15.0 Å². The van der Waals surface area contributed by atoms with Gasteiger partial charge < -0.3 is 4.90 Å². The van der Waals surface area contributed by atoms with Crippen LogP contribution in [-0.4, -0.2) is 29.0 Å². The van der Waals surface area contributed by atoms with E-state index in [0.717, 1.165) is 0 Å². The minimum absolute atomic E-state index is 0.111. The van der Waals surface area contributed by atoms with Gasteiger partial charge in [-0.05, 0) is 23.7 Å². The molecule has 0 fully saturated rings. The van der Waals surface area contributed by atoms with Crippen LogP contribution in [0.1, 0.15) is 0 Å². The van der Waals surface area contributed by atoms with Gasteiger partial charge in [0.05, 0.1) is 10.0 Å². The highest BCUT2D eigenvalue weighted by molar-refractivity contribution is 6.43. The SMILES string of the molecule is CN(C)c1nc(Cl)nc(-c2cccc(Cl)c2Cl)n1. The van der Waals surface area contributed by atoms with Gasteiger partial charge in [-0.25, -0.2) is 0 Å². The van der Waals surface area contributed by atoms with Crippen LogP contribution < -0.4 is 4.90 Å². The Bertz CT molecular complexity index is 586. The van der Waals surface area contributed by atoms with Gasteiger partial charge in [0, 0.05) is 19.7 Å². The Kier molecular flexibility index (Phi) is 3.90. The van der Waals surface area contributed by atoms with Crippen LogP contribution in [0.2, 0.25) is 15.3 Å². The Morgan fingerprint density at radius 1 is 1.00 bits per heavy atom. The largest absolute Gasteiger partial charge is 0.347 e. The van der Waals surface area contributed by atoms with E-state index in [9.17, 15) is 0 Å². The molecule has 18 heavy (non-hydrogen) atoms. The summed E-state index contributed by atoms with van der Waals surface area (Å²) in [4.78, 5) is 14.1. The van der Waals surface area contributed by atoms with Crippen LogP contribution in [0.4, 0.5) is 5.95 Å². The maximum absolute atomic E-state index is 6.12. The van der Waals surface area contributed by atoms with Gasteiger partial charge in [-0.15, -0.1) is 0 Å². The van der Waals surface area contributed by atoms with E-state index in [1.165, 1.54) is 0 Å². The minimum atomic E-state index is 0.111. The van der Waals surface area contributed by atoms with E-state index in [1.54, 1.807) is 23.1 Å². The van der Waals surface area contributed by atoms with E-state index in [1.807, 2.05) is 14.1 Å². The van der Waals surface area contributed by atoms with Crippen molar-refractivity contribution in [2.24, 2.45) is 0 Å². The number of rotatable bonds is 2. The molecular formula is C11H9Cl3N4. The van der Waals surface area contributed by atoms with Crippen LogP contribution in [0.25, 0.3) is 11.4 Å². The summed E-state index contributed by atoms with van der Waals surface area (Å²) in [5.41, 5.74) is 0.622. The first-order chi connectivity index (χ1) is 8.49. The summed E-state index contributed by atoms with van der Waals surface area (Å²) in [6.45, 7) is 0. The van der Waals surface area contributed by atoms with Crippen LogP contribution in [0, 0.1) is 0 Å². The van der Waals surface area contributed by atoms with Crippen molar-refractivity contribution in [2.75, 3.05) is 19.0 Å². The molecule has 1 heterocycles. The average Bonchev–Trinajstić information content (AvgIpc) is 2.31. The fourth-order valence-electron chi connectivity index (χ4n) is 1.34. The molecule has 0 saturated heterocycles. The molecule has 0 atom stereocenters. The Morgan fingerprint density at radius 2 is 1.72 bits per heavy atom. The second kappa shape index (κ2) is 5.26. The van der Waals surface area contributed by atoms with Gasteiger partial charge >= 0.3 is 0 Å². The van der Waals surface area contributed by atoms with Crippen molar-refractivity contribution in [1.29, 1.82) is 0 Å². The zero-order valence-electron chi connectivity index (χ0n) is 9.65. The van der Waals surface area contributed by atoms with Crippen LogP contribution in [0.5, 0.6) is 0 Å². The summed E-state index contributed by atoms with van der Waals surface area (Å²) in [5, 5.41) is 0.947. The highest BCUT2D eigenvalue weighted by Gasteiger charge is 2.13. The van der Waals surface area contributed by atoms with Gasteiger partial charge in [0.1, 0.15) is 0 Å². The van der Waals surface area contributed by atoms with E-state index < -0.39 is 0 Å². The number of aromatic nitrogens is 3. The van der Waals surface area contributed by atoms with Gasteiger partial charge in [-0.1, -0.05) is 29.3 Å². The number of hydrogen-bond donors (Lipinski definition) is 0. The Hall–Kier alpha value is -1.10. The van der Waals surface area contributed by atoms with Crippen LogP contribution in [0.3, 0.4) is 0 Å². The highest BCUT2D eigenvalue weighted by atomic mass is 35.5. The summed E-state index contributed by atoms with van der Waals surface area (Å²) in [6.07, 6.45) is 0. The molecule has 0 aliphatic rings. The quantitative estimate of drug-likeness (QED) is 0.850. The molecule has 0 aliphatic heterocycles. The van der Waals surface area contributed by atoms with Crippen molar-refractivity contribution in [3.05, 3.63) is 33.5 Å². The van der Waals surface area contributed by atoms with Gasteiger partial charge in [-0.2, -0.15) is 15.0 Å². The van der Waals surface area contributed by atoms with Gasteiger partial charge in [0.2, 0.25) is 11.2 Å². The molecule has 1 aromatic carbocycles. The van der Waals surface area contributed by atoms with E-state index >= 15 is 0 Å². The molecule has 2 aromatic rings. The van der Waals surface area contributed by atoms with Gasteiger partial charge in [-0.3, -0.25) is 0 Å². The molecule has 0 N–H and O–H groups in total. The summed E-state index contributed by atoms with van der Waals surface area (Å²) in [6, 6.07) is 5.25. The highest BCUT2D eigenvalue weighted by Crippen LogP contribution is 2.32. The lowest BCUT2D eigenvalue weighted by atomic mass is 10.2. The minimum Gasteiger partial charge on any atom is -0.347 e. The predicted octanol–water partition coefficient (Wildman–Crippen LogP) is 3.56. The van der Waals surface area contributed by atoms with Crippen LogP contribution >= 0.6 is 34.8 Å². The third-order valence-electron chi connectivity index (χ3n) is 2.19. The van der Waals surface area contributed by atoms with Gasteiger partial charge in [0.15, 0.2) is 5.82 Å². The molecule has 1 aromatic heterocycles. The number of benzene rings is 1. The lowest BCUT2D eigenvalue weighted by Gasteiger charge is -2.11. The van der Waals surface area contributed by atoms with Gasteiger partial charge in [0.25, 0.3) is 0 Å². The third kappa shape index (κ3) is 2.66. The molecule has 0 saturated carbocycles. The van der Waals surface area contributed by atoms with E-state index in [0.29, 0.717) is 27.4 Å². The molecule has 0 bridgehead atoms. The lowest BCUT2D eigenvalue weighted by Crippen LogP contribution is -2.14. The molecule has 4 nitrogen and oxygen atoms in total. The molecular weight excluding hydrogens is 295 g/mol. The molecule has 2 rings (SSSR count). The van der Waals surface area contributed by atoms with E-state index in [-0.39, 0.29) is 5.28 Å². The maximum Gasteiger partial charge on any atom is 0.229 e. The number of hydrogen-bond acceptors (Lipinski definition) is 4. The first-order valence-electron chi connectivity index (χ1n) is 5.02. The van der Waals surface area contributed by atoms with Crippen LogP contribution in [0.15, 0.2) is 18.2 Å². The smallest absolute Gasteiger partial charge is 0.229 e. The number of nitrogens with zero attached hydrogens (tertiary/aromatic N) is 4. The summed E-state index contributed by atoms with van der Waals surface area (Å²) in [5.74, 6) is 0.854. The number of anilines is 1. The topological polar surface area (TPSA) is 41.9 Å². The van der Waals surface area contributed by atoms with Crippen molar-refractivity contribution < 1.29 is 0 Å². The predicted molar refractivity (Wildman–Crippen MR) is 74.6 cm³/mol. The molecule has 0 spiro atoms. The second-order valence-corrected chi connectivity index (χ2v) is 4.85. The van der Waals surface area contributed by atoms with Crippen molar-refractivity contribution in [1.82, 2.24) is 15.0 Å². The first-order valence-corrected chi connectivity index (χ1v) is 6.15. The Balaban J connectivity index is 2.60. The molecule has 0 amide bonds. The molecule has 94 valence electrons. The fourth-order valence-corrected chi connectivity index (χ4v) is 1.88. The van der Waals surface area contributed by atoms with Crippen molar-refractivity contribution in [3.8, 4) is 11.4 Å². The normalized spacial score (nSPS) is 10.5. The van der Waals surface area contributed by atoms with E-state index in [4.69, 9.17) is 34.8 Å². The third-order valence-corrected chi connectivity index (χ3v) is 3.18. The molecule has 0 aliphatic carbocycles. The molecule has 0 radical (unpaired) electrons. The second-order valence-electron chi connectivity index (χ2n) is 3.72. The standard InChI is InChI=1S/C11H9Cl3N4/c1-18(2)11-16-9(15-10(14)17-11)6-4-3-5-7(12)8(6)13/h3-5H,1-2H3. The monoisotopic (exact) mass is 302 g/mol. The zero-order chi connectivity index (χ0) is 13.3. The summed E-state index contributed by atoms with van der Waals surface area (Å²) in [7, 11) is 3.63. The van der Waals surface area contributed by atoms with Crippen molar-refractivity contribution >= 4 is 40.8 Å². The Morgan fingerprint density at radius 3 is 2.39 bits per heavy atom. The Labute approximate surface area is 120 Å². The summed E-state index contributed by atoms with van der Waals surface area (Å²) < 4.78 is 0.